The molecular formula is C27H28Cl3N5O3S. The monoisotopic (exact) mass is 607 g/mol. The number of rotatable bonds is 6. The summed E-state index contributed by atoms with van der Waals surface area (Å²) in [5, 5.41) is 14.1. The standard InChI is InChI=1S/C27H27Cl2N5O3S.ClH/c1-33(2)19-8-9-34(15-19)25-7-5-18(13-31-25)32-26-20-10-16(17-11-21(28)27(35)22(29)12-17)4-6-23(20)30-14-24(26)38(3,36)37;/h4-7,10-14,19,35H,8-9,15H2,1-3H3,(H,30,32);1H. The minimum atomic E-state index is -3.61. The molecule has 0 radical (unpaired) electrons. The van der Waals surface area contributed by atoms with Crippen LogP contribution in [0.15, 0.2) is 59.8 Å². The molecule has 0 amide bonds. The molecule has 0 bridgehead atoms. The Hall–Kier alpha value is -2.82. The number of pyridine rings is 2. The summed E-state index contributed by atoms with van der Waals surface area (Å²) in [5.74, 6) is 0.689. The predicted octanol–water partition coefficient (Wildman–Crippen LogP) is 6.02. The molecule has 0 aliphatic carbocycles. The van der Waals surface area contributed by atoms with Gasteiger partial charge < -0.3 is 20.2 Å². The second-order valence-corrected chi connectivity index (χ2v) is 12.5. The molecule has 0 saturated carbocycles. The van der Waals surface area contributed by atoms with E-state index in [-0.39, 0.29) is 33.1 Å². The summed E-state index contributed by atoms with van der Waals surface area (Å²) < 4.78 is 25.4. The number of benzene rings is 2. The van der Waals surface area contributed by atoms with Crippen LogP contribution in [0, 0.1) is 0 Å². The maximum absolute atomic E-state index is 12.7. The molecule has 1 saturated heterocycles. The Bertz CT molecular complexity index is 1610. The summed E-state index contributed by atoms with van der Waals surface area (Å²) in [4.78, 5) is 13.6. The molecule has 1 aliphatic rings. The Balaban J connectivity index is 0.00000353. The van der Waals surface area contributed by atoms with Gasteiger partial charge in [-0.3, -0.25) is 4.98 Å². The van der Waals surface area contributed by atoms with Crippen LogP contribution in [-0.4, -0.2) is 67.9 Å². The molecule has 5 rings (SSSR count). The number of anilines is 3. The van der Waals surface area contributed by atoms with Crippen LogP contribution in [0.5, 0.6) is 5.75 Å². The molecule has 206 valence electrons. The third-order valence-electron chi connectivity index (χ3n) is 6.82. The molecule has 2 aromatic heterocycles. The molecule has 2 aromatic carbocycles. The van der Waals surface area contributed by atoms with Gasteiger partial charge >= 0.3 is 0 Å². The van der Waals surface area contributed by atoms with Crippen molar-refractivity contribution in [3.05, 3.63) is 64.9 Å². The minimum Gasteiger partial charge on any atom is -0.505 e. The number of likely N-dealkylation sites (N-methyl/N-ethyl adjacent to an activating group) is 1. The fourth-order valence-electron chi connectivity index (χ4n) is 4.66. The first-order valence-corrected chi connectivity index (χ1v) is 14.6. The Morgan fingerprint density at radius 1 is 1.03 bits per heavy atom. The molecule has 39 heavy (non-hydrogen) atoms. The smallest absolute Gasteiger partial charge is 0.179 e. The van der Waals surface area contributed by atoms with E-state index in [0.29, 0.717) is 33.9 Å². The van der Waals surface area contributed by atoms with Gasteiger partial charge in [-0.25, -0.2) is 13.4 Å². The first-order valence-electron chi connectivity index (χ1n) is 12.0. The van der Waals surface area contributed by atoms with E-state index >= 15 is 0 Å². The van der Waals surface area contributed by atoms with Crippen molar-refractivity contribution in [2.45, 2.75) is 17.4 Å². The van der Waals surface area contributed by atoms with E-state index in [1.165, 1.54) is 6.20 Å². The SMILES string of the molecule is CN(C)C1CCN(c2ccc(Nc3c(S(C)(=O)=O)cnc4ccc(-c5cc(Cl)c(O)c(Cl)c5)cc34)cn2)C1.Cl. The van der Waals surface area contributed by atoms with Crippen LogP contribution < -0.4 is 10.2 Å². The molecule has 0 spiro atoms. The van der Waals surface area contributed by atoms with Crippen molar-refractivity contribution in [2.75, 3.05) is 43.7 Å². The fourth-order valence-corrected chi connectivity index (χ4v) is 5.92. The van der Waals surface area contributed by atoms with Gasteiger partial charge in [-0.15, -0.1) is 12.4 Å². The summed E-state index contributed by atoms with van der Waals surface area (Å²) in [6.07, 6.45) is 5.30. The lowest BCUT2D eigenvalue weighted by atomic mass is 10.0. The number of aromatic hydroxyl groups is 1. The molecular weight excluding hydrogens is 581 g/mol. The maximum Gasteiger partial charge on any atom is 0.179 e. The van der Waals surface area contributed by atoms with Crippen LogP contribution in [0.4, 0.5) is 17.2 Å². The minimum absolute atomic E-state index is 0. The quantitative estimate of drug-likeness (QED) is 0.274. The van der Waals surface area contributed by atoms with Crippen molar-refractivity contribution < 1.29 is 13.5 Å². The summed E-state index contributed by atoms with van der Waals surface area (Å²) in [6.45, 7) is 1.85. The van der Waals surface area contributed by atoms with E-state index in [2.05, 4.69) is 39.2 Å². The zero-order chi connectivity index (χ0) is 27.2. The summed E-state index contributed by atoms with van der Waals surface area (Å²) in [6, 6.07) is 13.0. The van der Waals surface area contributed by atoms with Crippen LogP contribution in [0.2, 0.25) is 10.0 Å². The first-order chi connectivity index (χ1) is 18.0. The number of nitrogens with one attached hydrogen (secondary N) is 1. The highest BCUT2D eigenvalue weighted by molar-refractivity contribution is 7.90. The van der Waals surface area contributed by atoms with Crippen molar-refractivity contribution in [1.29, 1.82) is 0 Å². The molecule has 1 fully saturated rings. The van der Waals surface area contributed by atoms with E-state index in [9.17, 15) is 13.5 Å². The number of hydrogen-bond donors (Lipinski definition) is 2. The molecule has 1 atom stereocenters. The first kappa shape index (κ1) is 29.2. The number of nitrogens with zero attached hydrogens (tertiary/aromatic N) is 4. The topological polar surface area (TPSA) is 98.7 Å². The van der Waals surface area contributed by atoms with Crippen molar-refractivity contribution in [3.8, 4) is 16.9 Å². The number of aromatic nitrogens is 2. The van der Waals surface area contributed by atoms with E-state index < -0.39 is 9.84 Å². The lowest BCUT2D eigenvalue weighted by Crippen LogP contribution is -2.31. The number of phenols is 1. The average molecular weight is 609 g/mol. The normalized spacial score (nSPS) is 15.5. The number of phenolic OH excluding ortho intramolecular Hbond substituents is 1. The zero-order valence-electron chi connectivity index (χ0n) is 21.5. The third kappa shape index (κ3) is 6.02. The van der Waals surface area contributed by atoms with Crippen LogP contribution in [0.25, 0.3) is 22.0 Å². The Morgan fingerprint density at radius 3 is 2.33 bits per heavy atom. The molecule has 2 N–H and O–H groups in total. The van der Waals surface area contributed by atoms with Crippen molar-refractivity contribution in [1.82, 2.24) is 14.9 Å². The summed E-state index contributed by atoms with van der Waals surface area (Å²) >= 11 is 12.3. The van der Waals surface area contributed by atoms with Gasteiger partial charge in [0.2, 0.25) is 0 Å². The molecule has 8 nitrogen and oxygen atoms in total. The average Bonchev–Trinajstić information content (AvgIpc) is 3.37. The molecule has 12 heteroatoms. The van der Waals surface area contributed by atoms with E-state index in [4.69, 9.17) is 23.2 Å². The third-order valence-corrected chi connectivity index (χ3v) is 8.50. The second kappa shape index (κ2) is 11.3. The van der Waals surface area contributed by atoms with Crippen LogP contribution >= 0.6 is 35.6 Å². The highest BCUT2D eigenvalue weighted by Crippen LogP contribution is 2.39. The summed E-state index contributed by atoms with van der Waals surface area (Å²) in [7, 11) is 0.562. The maximum atomic E-state index is 12.7. The van der Waals surface area contributed by atoms with E-state index in [1.54, 1.807) is 24.4 Å². The fraction of sp³-hybridized carbons (Fsp3) is 0.259. The van der Waals surface area contributed by atoms with E-state index in [1.807, 2.05) is 24.3 Å². The van der Waals surface area contributed by atoms with Crippen LogP contribution in [-0.2, 0) is 9.84 Å². The number of fused-ring (bicyclic) bond motifs is 1. The Labute approximate surface area is 243 Å². The van der Waals surface area contributed by atoms with Gasteiger partial charge in [-0.05, 0) is 68.0 Å². The van der Waals surface area contributed by atoms with Gasteiger partial charge in [0.05, 0.1) is 33.1 Å². The van der Waals surface area contributed by atoms with Gasteiger partial charge in [-0.2, -0.15) is 0 Å². The number of halogens is 3. The highest BCUT2D eigenvalue weighted by atomic mass is 35.5. The zero-order valence-corrected chi connectivity index (χ0v) is 24.7. The second-order valence-electron chi connectivity index (χ2n) is 9.67. The largest absolute Gasteiger partial charge is 0.505 e. The van der Waals surface area contributed by atoms with Gasteiger partial charge in [0.15, 0.2) is 15.6 Å². The van der Waals surface area contributed by atoms with Crippen LogP contribution in [0.1, 0.15) is 6.42 Å². The van der Waals surface area contributed by atoms with Gasteiger partial charge in [-0.1, -0.05) is 29.3 Å². The van der Waals surface area contributed by atoms with Gasteiger partial charge in [0.25, 0.3) is 0 Å². The number of hydrogen-bond acceptors (Lipinski definition) is 8. The highest BCUT2D eigenvalue weighted by Gasteiger charge is 2.25. The summed E-state index contributed by atoms with van der Waals surface area (Å²) in [5.41, 5.74) is 3.06. The van der Waals surface area contributed by atoms with Crippen molar-refractivity contribution in [3.63, 3.8) is 0 Å². The molecule has 1 aliphatic heterocycles. The lowest BCUT2D eigenvalue weighted by Gasteiger charge is -2.21. The molecule has 4 aromatic rings. The van der Waals surface area contributed by atoms with E-state index in [0.717, 1.165) is 37.1 Å². The van der Waals surface area contributed by atoms with Gasteiger partial charge in [0, 0.05) is 37.0 Å². The van der Waals surface area contributed by atoms with Crippen molar-refractivity contribution >= 4 is 73.5 Å². The molecule has 1 unspecified atom stereocenters. The lowest BCUT2D eigenvalue weighted by molar-refractivity contribution is 0.315. The molecule has 3 heterocycles. The Kier molecular flexibility index (Phi) is 8.49. The Morgan fingerprint density at radius 2 is 1.74 bits per heavy atom. The predicted molar refractivity (Wildman–Crippen MR) is 161 cm³/mol. The van der Waals surface area contributed by atoms with Gasteiger partial charge in [0.1, 0.15) is 10.7 Å². The van der Waals surface area contributed by atoms with Crippen LogP contribution in [0.3, 0.4) is 0 Å². The number of sulfone groups is 1. The van der Waals surface area contributed by atoms with Crippen molar-refractivity contribution in [2.24, 2.45) is 0 Å².